The molecule has 1 atom stereocenters. The molecule has 1 heterocycles. The molecule has 3 rings (SSSR count). The minimum atomic E-state index is -4.08. The van der Waals surface area contributed by atoms with Crippen LogP contribution in [0, 0.1) is 16.0 Å². The molecule has 2 aromatic carbocycles. The van der Waals surface area contributed by atoms with Crippen LogP contribution in [0.2, 0.25) is 0 Å². The van der Waals surface area contributed by atoms with Crippen LogP contribution in [-0.2, 0) is 14.8 Å². The topological polar surface area (TPSA) is 101 Å². The summed E-state index contributed by atoms with van der Waals surface area (Å²) < 4.78 is 27.5. The van der Waals surface area contributed by atoms with Gasteiger partial charge in [-0.2, -0.15) is 0 Å². The summed E-state index contributed by atoms with van der Waals surface area (Å²) in [6.07, 6.45) is 1.90. The highest BCUT2D eigenvalue weighted by molar-refractivity contribution is 7.92. The average Bonchev–Trinajstić information content (AvgIpc) is 2.72. The number of amides is 1. The number of carbonyl (C=O) groups excluding carboxylic acids is 1. The van der Waals surface area contributed by atoms with Gasteiger partial charge in [-0.05, 0) is 37.0 Å². The van der Waals surface area contributed by atoms with E-state index >= 15 is 0 Å². The van der Waals surface area contributed by atoms with Crippen LogP contribution in [0.3, 0.4) is 0 Å². The summed E-state index contributed by atoms with van der Waals surface area (Å²) in [6, 6.07) is 13.1. The van der Waals surface area contributed by atoms with Crippen LogP contribution in [0.15, 0.2) is 59.5 Å². The number of hydrogen-bond donors (Lipinski definition) is 0. The molecule has 1 saturated heterocycles. The number of nitro groups is 1. The van der Waals surface area contributed by atoms with E-state index in [1.807, 2.05) is 0 Å². The number of likely N-dealkylation sites (tertiary alicyclic amines) is 1. The first-order valence-electron chi connectivity index (χ1n) is 9.39. The second-order valence-electron chi connectivity index (χ2n) is 7.19. The lowest BCUT2D eigenvalue weighted by atomic mass is 10.0. The van der Waals surface area contributed by atoms with Crippen molar-refractivity contribution in [3.63, 3.8) is 0 Å². The summed E-state index contributed by atoms with van der Waals surface area (Å²) in [5, 5.41) is 11.2. The predicted octanol–water partition coefficient (Wildman–Crippen LogP) is 3.05. The second-order valence-corrected chi connectivity index (χ2v) is 9.05. The maximum atomic E-state index is 13.3. The summed E-state index contributed by atoms with van der Waals surface area (Å²) in [7, 11) is -4.08. The third-order valence-corrected chi connectivity index (χ3v) is 6.74. The van der Waals surface area contributed by atoms with Crippen molar-refractivity contribution in [2.75, 3.05) is 23.9 Å². The fraction of sp³-hybridized carbons (Fsp3) is 0.350. The van der Waals surface area contributed by atoms with Gasteiger partial charge >= 0.3 is 0 Å². The first-order chi connectivity index (χ1) is 13.8. The standard InChI is InChI=1S/C20H23N3O5S/c1-16-7-6-12-21(14-16)20(24)15-22(17-8-5-9-18(13-17)23(25)26)29(27,28)19-10-3-2-4-11-19/h2-5,8-11,13,16H,6-7,12,14-15H2,1H3. The molecule has 1 aliphatic rings. The number of benzene rings is 2. The molecule has 1 aliphatic heterocycles. The van der Waals surface area contributed by atoms with E-state index in [0.29, 0.717) is 19.0 Å². The Morgan fingerprint density at radius 3 is 2.59 bits per heavy atom. The zero-order valence-electron chi connectivity index (χ0n) is 16.1. The molecule has 9 heteroatoms. The summed E-state index contributed by atoms with van der Waals surface area (Å²) in [4.78, 5) is 25.2. The van der Waals surface area contributed by atoms with Gasteiger partial charge in [0.15, 0.2) is 0 Å². The van der Waals surface area contributed by atoms with Gasteiger partial charge in [0, 0.05) is 25.2 Å². The zero-order chi connectivity index (χ0) is 21.0. The van der Waals surface area contributed by atoms with Gasteiger partial charge in [0.2, 0.25) is 5.91 Å². The summed E-state index contributed by atoms with van der Waals surface area (Å²) in [5.41, 5.74) is -0.156. The van der Waals surface area contributed by atoms with Gasteiger partial charge in [-0.1, -0.05) is 31.2 Å². The normalized spacial score (nSPS) is 17.0. The number of nitro benzene ring substituents is 1. The molecule has 0 spiro atoms. The Balaban J connectivity index is 1.99. The van der Waals surface area contributed by atoms with Gasteiger partial charge in [-0.3, -0.25) is 19.2 Å². The molecule has 29 heavy (non-hydrogen) atoms. The number of rotatable bonds is 6. The lowest BCUT2D eigenvalue weighted by Gasteiger charge is -2.33. The van der Waals surface area contributed by atoms with E-state index < -0.39 is 21.5 Å². The molecular weight excluding hydrogens is 394 g/mol. The van der Waals surface area contributed by atoms with Crippen molar-refractivity contribution in [3.8, 4) is 0 Å². The SMILES string of the molecule is CC1CCCN(C(=O)CN(c2cccc([N+](=O)[O-])c2)S(=O)(=O)c2ccccc2)C1. The predicted molar refractivity (Wildman–Crippen MR) is 109 cm³/mol. The van der Waals surface area contributed by atoms with E-state index in [2.05, 4.69) is 6.92 Å². The van der Waals surface area contributed by atoms with E-state index in [9.17, 15) is 23.3 Å². The Bertz CT molecular complexity index is 994. The van der Waals surface area contributed by atoms with E-state index in [0.717, 1.165) is 17.1 Å². The molecular formula is C20H23N3O5S. The van der Waals surface area contributed by atoms with Crippen molar-refractivity contribution in [2.45, 2.75) is 24.7 Å². The van der Waals surface area contributed by atoms with Crippen LogP contribution in [0.25, 0.3) is 0 Å². The first-order valence-corrected chi connectivity index (χ1v) is 10.8. The molecule has 0 aliphatic carbocycles. The number of hydrogen-bond acceptors (Lipinski definition) is 5. The molecule has 1 unspecified atom stereocenters. The third kappa shape index (κ3) is 4.73. The van der Waals surface area contributed by atoms with Crippen molar-refractivity contribution in [2.24, 2.45) is 5.92 Å². The van der Waals surface area contributed by atoms with Crippen LogP contribution < -0.4 is 4.31 Å². The smallest absolute Gasteiger partial charge is 0.271 e. The summed E-state index contributed by atoms with van der Waals surface area (Å²) >= 11 is 0. The molecule has 1 fully saturated rings. The van der Waals surface area contributed by atoms with Gasteiger partial charge in [0.25, 0.3) is 15.7 Å². The number of non-ortho nitro benzene ring substituents is 1. The highest BCUT2D eigenvalue weighted by atomic mass is 32.2. The van der Waals surface area contributed by atoms with Gasteiger partial charge in [-0.25, -0.2) is 8.42 Å². The Hall–Kier alpha value is -2.94. The fourth-order valence-electron chi connectivity index (χ4n) is 3.44. The fourth-order valence-corrected chi connectivity index (χ4v) is 4.86. The van der Waals surface area contributed by atoms with E-state index in [4.69, 9.17) is 0 Å². The molecule has 0 bridgehead atoms. The van der Waals surface area contributed by atoms with Gasteiger partial charge in [-0.15, -0.1) is 0 Å². The Morgan fingerprint density at radius 2 is 1.93 bits per heavy atom. The quantitative estimate of drug-likeness (QED) is 0.531. The molecule has 0 aromatic heterocycles. The average molecular weight is 417 g/mol. The van der Waals surface area contributed by atoms with Crippen molar-refractivity contribution < 1.29 is 18.1 Å². The van der Waals surface area contributed by atoms with Gasteiger partial charge < -0.3 is 4.90 Å². The number of sulfonamides is 1. The van der Waals surface area contributed by atoms with Crippen molar-refractivity contribution in [1.29, 1.82) is 0 Å². The second kappa shape index (κ2) is 8.60. The molecule has 0 saturated carbocycles. The Morgan fingerprint density at radius 1 is 1.21 bits per heavy atom. The minimum absolute atomic E-state index is 0.0197. The van der Waals surface area contributed by atoms with Crippen LogP contribution in [0.5, 0.6) is 0 Å². The first kappa shape index (κ1) is 20.8. The number of nitrogens with zero attached hydrogens (tertiary/aromatic N) is 3. The van der Waals surface area contributed by atoms with Gasteiger partial charge in [0.05, 0.1) is 15.5 Å². The molecule has 0 radical (unpaired) electrons. The lowest BCUT2D eigenvalue weighted by Crippen LogP contribution is -2.46. The molecule has 8 nitrogen and oxygen atoms in total. The summed E-state index contributed by atoms with van der Waals surface area (Å²) in [5.74, 6) is 0.0345. The Labute approximate surface area is 169 Å². The van der Waals surface area contributed by atoms with Crippen LogP contribution >= 0.6 is 0 Å². The highest BCUT2D eigenvalue weighted by Gasteiger charge is 2.31. The summed E-state index contributed by atoms with van der Waals surface area (Å²) in [6.45, 7) is 2.80. The highest BCUT2D eigenvalue weighted by Crippen LogP contribution is 2.27. The van der Waals surface area contributed by atoms with Crippen LogP contribution in [0.1, 0.15) is 19.8 Å². The Kier molecular flexibility index (Phi) is 6.17. The maximum absolute atomic E-state index is 13.3. The van der Waals surface area contributed by atoms with E-state index in [-0.39, 0.29) is 22.2 Å². The van der Waals surface area contributed by atoms with Crippen LogP contribution in [0.4, 0.5) is 11.4 Å². The number of carbonyl (C=O) groups is 1. The molecule has 1 amide bonds. The minimum Gasteiger partial charge on any atom is -0.341 e. The van der Waals surface area contributed by atoms with Crippen molar-refractivity contribution >= 4 is 27.3 Å². The monoisotopic (exact) mass is 417 g/mol. The third-order valence-electron chi connectivity index (χ3n) is 4.95. The molecule has 0 N–H and O–H groups in total. The molecule has 154 valence electrons. The zero-order valence-corrected chi connectivity index (χ0v) is 16.9. The van der Waals surface area contributed by atoms with Crippen molar-refractivity contribution in [3.05, 3.63) is 64.7 Å². The largest absolute Gasteiger partial charge is 0.341 e. The number of anilines is 1. The van der Waals surface area contributed by atoms with Crippen LogP contribution in [-0.4, -0.2) is 43.8 Å². The molecule has 2 aromatic rings. The van der Waals surface area contributed by atoms with Crippen molar-refractivity contribution in [1.82, 2.24) is 4.90 Å². The lowest BCUT2D eigenvalue weighted by molar-refractivity contribution is -0.384. The maximum Gasteiger partial charge on any atom is 0.271 e. The number of piperidine rings is 1. The van der Waals surface area contributed by atoms with E-state index in [1.165, 1.54) is 36.4 Å². The van der Waals surface area contributed by atoms with E-state index in [1.54, 1.807) is 23.1 Å². The van der Waals surface area contributed by atoms with Gasteiger partial charge in [0.1, 0.15) is 6.54 Å².